The normalized spacial score (nSPS) is 13.9. The Morgan fingerprint density at radius 1 is 0.615 bits per heavy atom. The van der Waals surface area contributed by atoms with Gasteiger partial charge in [0.05, 0.1) is 6.04 Å². The number of hydrogen-bond donors (Lipinski definition) is 12. The second kappa shape index (κ2) is 26.7. The molecule has 0 aliphatic carbocycles. The number of carboxylic acids is 2. The number of hydrogen-bond acceptors (Lipinski definition) is 11. The Hall–Kier alpha value is -6.80. The Kier molecular flexibility index (Phi) is 21.6. The predicted octanol–water partition coefficient (Wildman–Crippen LogP) is 0.273. The first-order chi connectivity index (χ1) is 30.8. The Balaban J connectivity index is 1.90. The van der Waals surface area contributed by atoms with Crippen LogP contribution in [-0.2, 0) is 46.4 Å². The summed E-state index contributed by atoms with van der Waals surface area (Å²) in [6, 6.07) is 11.7. The van der Waals surface area contributed by atoms with Gasteiger partial charge in [0.1, 0.15) is 36.0 Å². The SMILES string of the molecule is CC(C)NCCCC[C@H](NC(=O)[C@@H](N)Cc1ccc(O)cc1)C(=O)N[C@H](CCCN=C(N)N)C(=O)N[C@@H](Cc1ccc2ccccc2c1)C(=O)N[C@H](C)C(=O)N[C@H](CCC(=O)O)C(=O)O. The van der Waals surface area contributed by atoms with E-state index in [1.807, 2.05) is 50.2 Å². The van der Waals surface area contributed by atoms with E-state index in [4.69, 9.17) is 22.3 Å². The van der Waals surface area contributed by atoms with Gasteiger partial charge in [-0.25, -0.2) is 4.79 Å². The molecule has 0 saturated carbocycles. The summed E-state index contributed by atoms with van der Waals surface area (Å²) in [5.41, 5.74) is 18.6. The first-order valence-corrected chi connectivity index (χ1v) is 21.6. The molecule has 3 rings (SSSR count). The van der Waals surface area contributed by atoms with Crippen LogP contribution >= 0.6 is 0 Å². The van der Waals surface area contributed by atoms with Crippen molar-refractivity contribution in [3.8, 4) is 5.75 Å². The molecule has 0 fully saturated rings. The molecule has 3 aromatic rings. The Labute approximate surface area is 377 Å². The summed E-state index contributed by atoms with van der Waals surface area (Å²) < 4.78 is 0. The number of aliphatic carboxylic acids is 2. The van der Waals surface area contributed by atoms with Crippen LogP contribution in [0.4, 0.5) is 0 Å². The first-order valence-electron chi connectivity index (χ1n) is 21.6. The molecular formula is C45H64N10O10. The van der Waals surface area contributed by atoms with Gasteiger partial charge in [-0.1, -0.05) is 68.4 Å². The summed E-state index contributed by atoms with van der Waals surface area (Å²) in [6.07, 6.45) is 0.669. The highest BCUT2D eigenvalue weighted by atomic mass is 16.4. The minimum atomic E-state index is -1.55. The number of nitrogens with zero attached hydrogens (tertiary/aromatic N) is 1. The van der Waals surface area contributed by atoms with Gasteiger partial charge >= 0.3 is 11.9 Å². The molecule has 0 aromatic heterocycles. The average molecular weight is 905 g/mol. The van der Waals surface area contributed by atoms with Gasteiger partial charge in [-0.15, -0.1) is 0 Å². The van der Waals surface area contributed by atoms with Crippen LogP contribution in [-0.4, -0.2) is 118 Å². The fourth-order valence-electron chi connectivity index (χ4n) is 6.72. The molecule has 354 valence electrons. The Bertz CT molecular complexity index is 2110. The molecule has 0 unspecified atom stereocenters. The van der Waals surface area contributed by atoms with Crippen molar-refractivity contribution in [2.24, 2.45) is 22.2 Å². The fraction of sp³-hybridized carbons (Fsp3) is 0.467. The lowest BCUT2D eigenvalue weighted by Gasteiger charge is -2.27. The maximum atomic E-state index is 14.3. The zero-order valence-electron chi connectivity index (χ0n) is 37.0. The molecule has 0 aliphatic rings. The first kappa shape index (κ1) is 52.5. The minimum absolute atomic E-state index is 0.0102. The van der Waals surface area contributed by atoms with Gasteiger partial charge in [0.15, 0.2) is 5.96 Å². The van der Waals surface area contributed by atoms with Gasteiger partial charge in [0.25, 0.3) is 0 Å². The number of phenols is 1. The van der Waals surface area contributed by atoms with E-state index in [0.717, 1.165) is 10.8 Å². The van der Waals surface area contributed by atoms with E-state index in [-0.39, 0.29) is 56.4 Å². The van der Waals surface area contributed by atoms with Crippen LogP contribution < -0.4 is 49.1 Å². The van der Waals surface area contributed by atoms with E-state index >= 15 is 0 Å². The van der Waals surface area contributed by atoms with Gasteiger partial charge in [0.2, 0.25) is 29.5 Å². The molecule has 0 saturated heterocycles. The highest BCUT2D eigenvalue weighted by Crippen LogP contribution is 2.18. The van der Waals surface area contributed by atoms with Crippen LogP contribution in [0.5, 0.6) is 5.75 Å². The van der Waals surface area contributed by atoms with Crippen LogP contribution in [0.2, 0.25) is 0 Å². The predicted molar refractivity (Wildman–Crippen MR) is 244 cm³/mol. The summed E-state index contributed by atoms with van der Waals surface area (Å²) >= 11 is 0. The smallest absolute Gasteiger partial charge is 0.326 e. The number of amides is 5. The maximum Gasteiger partial charge on any atom is 0.326 e. The summed E-state index contributed by atoms with van der Waals surface area (Å²) in [6.45, 7) is 6.05. The number of nitrogens with one attached hydrogen (secondary N) is 6. The third-order valence-corrected chi connectivity index (χ3v) is 10.3. The molecule has 15 N–H and O–H groups in total. The number of carbonyl (C=O) groups is 7. The molecule has 65 heavy (non-hydrogen) atoms. The number of fused-ring (bicyclic) bond motifs is 1. The van der Waals surface area contributed by atoms with Gasteiger partial charge in [-0.3, -0.25) is 33.8 Å². The van der Waals surface area contributed by atoms with Crippen LogP contribution in [0.15, 0.2) is 71.7 Å². The molecule has 0 radical (unpaired) electrons. The summed E-state index contributed by atoms with van der Waals surface area (Å²) in [7, 11) is 0. The van der Waals surface area contributed by atoms with E-state index in [1.54, 1.807) is 18.2 Å². The highest BCUT2D eigenvalue weighted by molar-refractivity contribution is 5.96. The van der Waals surface area contributed by atoms with Gasteiger partial charge in [-0.2, -0.15) is 0 Å². The largest absolute Gasteiger partial charge is 0.508 e. The molecule has 0 heterocycles. The van der Waals surface area contributed by atoms with Gasteiger partial charge < -0.3 is 64.4 Å². The number of aromatic hydroxyl groups is 1. The number of benzene rings is 3. The number of aliphatic imine (C=N–C) groups is 1. The fourth-order valence-corrected chi connectivity index (χ4v) is 6.72. The van der Waals surface area contributed by atoms with Gasteiger partial charge in [-0.05, 0) is 92.4 Å². The van der Waals surface area contributed by atoms with Crippen LogP contribution in [0.25, 0.3) is 10.8 Å². The van der Waals surface area contributed by atoms with Crippen molar-refractivity contribution in [1.82, 2.24) is 31.9 Å². The second-order valence-electron chi connectivity index (χ2n) is 16.2. The molecule has 20 nitrogen and oxygen atoms in total. The summed E-state index contributed by atoms with van der Waals surface area (Å²) in [5, 5.41) is 46.3. The number of phenolic OH excluding ortho intramolecular Hbond substituents is 1. The molecule has 3 aromatic carbocycles. The number of carbonyl (C=O) groups excluding carboxylic acids is 5. The van der Waals surface area contributed by atoms with Crippen molar-refractivity contribution in [2.45, 2.75) is 121 Å². The lowest BCUT2D eigenvalue weighted by atomic mass is 10.00. The standard InChI is InChI=1S/C45H64N10O10/c1-26(2)49-21-7-6-11-34(52-40(60)33(46)24-28-14-17-32(56)18-15-28)41(61)53-35(12-8-22-50-45(47)48)42(62)55-37(25-29-13-16-30-9-4-5-10-31(30)23-29)43(63)51-27(3)39(59)54-36(44(64)65)19-20-38(57)58/h4-5,9-10,13-18,23,26-27,33-37,49,56H,6-8,11-12,19-22,24-25,46H2,1-3H3,(H,51,63)(H,52,60)(H,53,61)(H,54,59)(H,55,62)(H,57,58)(H,64,65)(H4,47,48,50)/t27-,33+,34+,35-,36-,37+/m1/s1. The van der Waals surface area contributed by atoms with Crippen molar-refractivity contribution in [2.75, 3.05) is 13.1 Å². The minimum Gasteiger partial charge on any atom is -0.508 e. The van der Waals surface area contributed by atoms with E-state index in [9.17, 15) is 43.8 Å². The molecular weight excluding hydrogens is 841 g/mol. The van der Waals surface area contributed by atoms with Crippen LogP contribution in [0, 0.1) is 0 Å². The molecule has 5 amide bonds. The van der Waals surface area contributed by atoms with Crippen LogP contribution in [0.1, 0.15) is 76.8 Å². The molecule has 20 heteroatoms. The lowest BCUT2D eigenvalue weighted by Crippen LogP contribution is -2.59. The monoisotopic (exact) mass is 904 g/mol. The zero-order valence-corrected chi connectivity index (χ0v) is 37.0. The average Bonchev–Trinajstić information content (AvgIpc) is 3.25. The molecule has 0 spiro atoms. The number of unbranched alkanes of at least 4 members (excludes halogenated alkanes) is 1. The quantitative estimate of drug-likeness (QED) is 0.0265. The number of carboxylic acid groups (broad SMARTS) is 2. The van der Waals surface area contributed by atoms with Crippen molar-refractivity contribution in [3.63, 3.8) is 0 Å². The Morgan fingerprint density at radius 3 is 1.80 bits per heavy atom. The second-order valence-corrected chi connectivity index (χ2v) is 16.2. The molecule has 0 bridgehead atoms. The van der Waals surface area contributed by atoms with E-state index in [0.29, 0.717) is 30.5 Å². The molecule has 0 aliphatic heterocycles. The third-order valence-electron chi connectivity index (χ3n) is 10.3. The molecule has 6 atom stereocenters. The van der Waals surface area contributed by atoms with Gasteiger partial charge in [0, 0.05) is 25.4 Å². The van der Waals surface area contributed by atoms with Crippen molar-refractivity contribution in [1.29, 1.82) is 0 Å². The van der Waals surface area contributed by atoms with E-state index in [2.05, 4.69) is 36.9 Å². The number of nitrogens with two attached hydrogens (primary N) is 3. The maximum absolute atomic E-state index is 14.3. The third kappa shape index (κ3) is 19.2. The van der Waals surface area contributed by atoms with Crippen molar-refractivity contribution >= 4 is 58.2 Å². The van der Waals surface area contributed by atoms with Crippen molar-refractivity contribution < 1.29 is 48.9 Å². The van der Waals surface area contributed by atoms with E-state index in [1.165, 1.54) is 19.1 Å². The van der Waals surface area contributed by atoms with Crippen molar-refractivity contribution in [3.05, 3.63) is 77.9 Å². The lowest BCUT2D eigenvalue weighted by molar-refractivity contribution is -0.143. The zero-order chi connectivity index (χ0) is 48.1. The topological polar surface area (TPSA) is 343 Å². The Morgan fingerprint density at radius 2 is 1.18 bits per heavy atom. The highest BCUT2D eigenvalue weighted by Gasteiger charge is 2.32. The number of guanidine groups is 1. The summed E-state index contributed by atoms with van der Waals surface area (Å²) in [5.74, 6) is -6.67. The summed E-state index contributed by atoms with van der Waals surface area (Å²) in [4.78, 5) is 95.8. The number of rotatable bonds is 28. The van der Waals surface area contributed by atoms with E-state index < -0.39 is 90.6 Å². The van der Waals surface area contributed by atoms with Crippen LogP contribution in [0.3, 0.4) is 0 Å².